The third kappa shape index (κ3) is 4.29. The fourth-order valence-electron chi connectivity index (χ4n) is 3.39. The quantitative estimate of drug-likeness (QED) is 0.314. The standard InChI is InChI=1S/C27H22ClNO/c1-19-6-12-24(13-7-19)29(25-14-8-20(2)9-15-25)26-16-10-21(11-17-26)27(30)22-4-3-5-23(28)18-22/h3-18H,1-2H3. The monoisotopic (exact) mass is 411 g/mol. The lowest BCUT2D eigenvalue weighted by molar-refractivity contribution is 0.103. The molecule has 2 nitrogen and oxygen atoms in total. The fourth-order valence-corrected chi connectivity index (χ4v) is 3.58. The summed E-state index contributed by atoms with van der Waals surface area (Å²) in [7, 11) is 0. The minimum absolute atomic E-state index is 0.0405. The van der Waals surface area contributed by atoms with Crippen LogP contribution in [0.2, 0.25) is 5.02 Å². The van der Waals surface area contributed by atoms with Gasteiger partial charge in [0.2, 0.25) is 0 Å². The Kier molecular flexibility index (Phi) is 5.69. The van der Waals surface area contributed by atoms with Crippen LogP contribution in [0.1, 0.15) is 27.0 Å². The number of benzene rings is 4. The normalized spacial score (nSPS) is 10.6. The van der Waals surface area contributed by atoms with E-state index in [9.17, 15) is 4.79 Å². The first-order valence-corrected chi connectivity index (χ1v) is 10.2. The molecule has 0 fully saturated rings. The molecule has 0 aromatic heterocycles. The van der Waals surface area contributed by atoms with Crippen molar-refractivity contribution in [2.75, 3.05) is 4.90 Å². The zero-order chi connectivity index (χ0) is 21.1. The second-order valence-electron chi connectivity index (χ2n) is 7.39. The second-order valence-corrected chi connectivity index (χ2v) is 7.83. The number of halogens is 1. The molecule has 4 aromatic rings. The van der Waals surface area contributed by atoms with Gasteiger partial charge in [0.05, 0.1) is 0 Å². The van der Waals surface area contributed by atoms with Crippen molar-refractivity contribution < 1.29 is 4.79 Å². The van der Waals surface area contributed by atoms with Crippen LogP contribution in [0, 0.1) is 13.8 Å². The molecule has 30 heavy (non-hydrogen) atoms. The summed E-state index contributed by atoms with van der Waals surface area (Å²) in [5.74, 6) is -0.0405. The molecule has 0 unspecified atom stereocenters. The summed E-state index contributed by atoms with van der Waals surface area (Å²) in [5, 5.41) is 0.558. The third-order valence-electron chi connectivity index (χ3n) is 5.06. The number of hydrogen-bond acceptors (Lipinski definition) is 2. The van der Waals surface area contributed by atoms with Gasteiger partial charge < -0.3 is 4.90 Å². The first-order valence-electron chi connectivity index (χ1n) is 9.85. The summed E-state index contributed by atoms with van der Waals surface area (Å²) >= 11 is 6.04. The van der Waals surface area contributed by atoms with Crippen LogP contribution in [0.3, 0.4) is 0 Å². The molecule has 3 heteroatoms. The fraction of sp³-hybridized carbons (Fsp3) is 0.0741. The number of anilines is 3. The average Bonchev–Trinajstić information content (AvgIpc) is 2.76. The van der Waals surface area contributed by atoms with Gasteiger partial charge in [-0.3, -0.25) is 4.79 Å². The van der Waals surface area contributed by atoms with Crippen LogP contribution in [-0.2, 0) is 0 Å². The van der Waals surface area contributed by atoms with Crippen molar-refractivity contribution in [3.05, 3.63) is 124 Å². The van der Waals surface area contributed by atoms with Crippen LogP contribution in [0.5, 0.6) is 0 Å². The van der Waals surface area contributed by atoms with Gasteiger partial charge >= 0.3 is 0 Å². The maximum atomic E-state index is 12.8. The Balaban J connectivity index is 1.71. The zero-order valence-corrected chi connectivity index (χ0v) is 17.7. The van der Waals surface area contributed by atoms with E-state index in [1.165, 1.54) is 11.1 Å². The van der Waals surface area contributed by atoms with E-state index in [-0.39, 0.29) is 5.78 Å². The van der Waals surface area contributed by atoms with Crippen LogP contribution in [0.25, 0.3) is 0 Å². The van der Waals surface area contributed by atoms with Gasteiger partial charge in [0.25, 0.3) is 0 Å². The lowest BCUT2D eigenvalue weighted by Crippen LogP contribution is -2.10. The lowest BCUT2D eigenvalue weighted by Gasteiger charge is -2.26. The van der Waals surface area contributed by atoms with Crippen molar-refractivity contribution in [1.29, 1.82) is 0 Å². The molecule has 0 heterocycles. The van der Waals surface area contributed by atoms with Gasteiger partial charge in [-0.15, -0.1) is 0 Å². The van der Waals surface area contributed by atoms with E-state index >= 15 is 0 Å². The van der Waals surface area contributed by atoms with Gasteiger partial charge in [-0.2, -0.15) is 0 Å². The summed E-state index contributed by atoms with van der Waals surface area (Å²) in [6.07, 6.45) is 0. The first-order chi connectivity index (χ1) is 14.5. The Bertz CT molecular complexity index is 1120. The Morgan fingerprint density at radius 1 is 0.633 bits per heavy atom. The molecule has 148 valence electrons. The smallest absolute Gasteiger partial charge is 0.193 e. The summed E-state index contributed by atoms with van der Waals surface area (Å²) in [4.78, 5) is 15.0. The largest absolute Gasteiger partial charge is 0.311 e. The van der Waals surface area contributed by atoms with Crippen LogP contribution >= 0.6 is 11.6 Å². The van der Waals surface area contributed by atoms with Crippen LogP contribution < -0.4 is 4.90 Å². The molecule has 0 bridgehead atoms. The van der Waals surface area contributed by atoms with Crippen LogP contribution in [0.15, 0.2) is 97.1 Å². The zero-order valence-electron chi connectivity index (χ0n) is 17.0. The Morgan fingerprint density at radius 3 is 1.57 bits per heavy atom. The maximum Gasteiger partial charge on any atom is 0.193 e. The molecule has 0 saturated carbocycles. The predicted octanol–water partition coefficient (Wildman–Crippen LogP) is 7.66. The van der Waals surface area contributed by atoms with Crippen molar-refractivity contribution in [3.8, 4) is 0 Å². The lowest BCUT2D eigenvalue weighted by atomic mass is 10.0. The van der Waals surface area contributed by atoms with E-state index in [4.69, 9.17) is 11.6 Å². The van der Waals surface area contributed by atoms with Gasteiger partial charge in [0.15, 0.2) is 5.78 Å². The number of hydrogen-bond donors (Lipinski definition) is 0. The highest BCUT2D eigenvalue weighted by Crippen LogP contribution is 2.35. The topological polar surface area (TPSA) is 20.3 Å². The molecule has 0 amide bonds. The molecule has 0 radical (unpaired) electrons. The van der Waals surface area contributed by atoms with Gasteiger partial charge in [-0.25, -0.2) is 0 Å². The van der Waals surface area contributed by atoms with E-state index in [1.807, 2.05) is 24.3 Å². The first kappa shape index (κ1) is 19.9. The Morgan fingerprint density at radius 2 is 1.10 bits per heavy atom. The summed E-state index contributed by atoms with van der Waals surface area (Å²) in [5.41, 5.74) is 6.77. The minimum atomic E-state index is -0.0405. The van der Waals surface area contributed by atoms with Gasteiger partial charge in [0, 0.05) is 33.2 Å². The van der Waals surface area contributed by atoms with Gasteiger partial charge in [-0.1, -0.05) is 59.1 Å². The number of carbonyl (C=O) groups is 1. The van der Waals surface area contributed by atoms with E-state index in [2.05, 4.69) is 67.3 Å². The van der Waals surface area contributed by atoms with E-state index in [0.717, 1.165) is 17.1 Å². The summed E-state index contributed by atoms with van der Waals surface area (Å²) < 4.78 is 0. The van der Waals surface area contributed by atoms with Gasteiger partial charge in [0.1, 0.15) is 0 Å². The minimum Gasteiger partial charge on any atom is -0.311 e. The van der Waals surface area contributed by atoms with Crippen molar-refractivity contribution >= 4 is 34.4 Å². The Hall–Kier alpha value is -3.36. The SMILES string of the molecule is Cc1ccc(N(c2ccc(C)cc2)c2ccc(C(=O)c3cccc(Cl)c3)cc2)cc1. The molecule has 4 rings (SSSR count). The number of rotatable bonds is 5. The molecule has 0 aliphatic rings. The molecular weight excluding hydrogens is 390 g/mol. The second kappa shape index (κ2) is 8.56. The summed E-state index contributed by atoms with van der Waals surface area (Å²) in [6, 6.07) is 31.6. The van der Waals surface area contributed by atoms with Crippen molar-refractivity contribution in [2.24, 2.45) is 0 Å². The molecule has 0 N–H and O–H groups in total. The van der Waals surface area contributed by atoms with E-state index < -0.39 is 0 Å². The van der Waals surface area contributed by atoms with Crippen molar-refractivity contribution in [2.45, 2.75) is 13.8 Å². The summed E-state index contributed by atoms with van der Waals surface area (Å²) in [6.45, 7) is 4.16. The van der Waals surface area contributed by atoms with Crippen LogP contribution in [-0.4, -0.2) is 5.78 Å². The molecule has 0 atom stereocenters. The van der Waals surface area contributed by atoms with Crippen molar-refractivity contribution in [3.63, 3.8) is 0 Å². The third-order valence-corrected chi connectivity index (χ3v) is 5.29. The average molecular weight is 412 g/mol. The number of nitrogens with zero attached hydrogens (tertiary/aromatic N) is 1. The Labute approximate surface area is 182 Å². The molecule has 0 aliphatic carbocycles. The van der Waals surface area contributed by atoms with Crippen molar-refractivity contribution in [1.82, 2.24) is 0 Å². The molecule has 0 saturated heterocycles. The number of carbonyl (C=O) groups excluding carboxylic acids is 1. The molecule has 0 aliphatic heterocycles. The predicted molar refractivity (Wildman–Crippen MR) is 125 cm³/mol. The maximum absolute atomic E-state index is 12.8. The highest BCUT2D eigenvalue weighted by atomic mass is 35.5. The molecule has 0 spiro atoms. The van der Waals surface area contributed by atoms with E-state index in [0.29, 0.717) is 16.1 Å². The highest BCUT2D eigenvalue weighted by molar-refractivity contribution is 6.31. The van der Waals surface area contributed by atoms with Gasteiger partial charge in [-0.05, 0) is 74.5 Å². The van der Waals surface area contributed by atoms with E-state index in [1.54, 1.807) is 24.3 Å². The number of aryl methyl sites for hydroxylation is 2. The number of ketones is 1. The molecule has 4 aromatic carbocycles. The van der Waals surface area contributed by atoms with Crippen LogP contribution in [0.4, 0.5) is 17.1 Å². The highest BCUT2D eigenvalue weighted by Gasteiger charge is 2.14. The molecular formula is C27H22ClNO.